The Bertz CT molecular complexity index is 840. The molecule has 0 saturated carbocycles. The first-order valence-electron chi connectivity index (χ1n) is 6.21. The number of ketones is 1. The van der Waals surface area contributed by atoms with Gasteiger partial charge in [-0.15, -0.1) is 0 Å². The molecule has 110 valence electrons. The third-order valence-electron chi connectivity index (χ3n) is 3.21. The average Bonchev–Trinajstić information content (AvgIpc) is 2.81. The van der Waals surface area contributed by atoms with Crippen LogP contribution in [0.25, 0.3) is 6.08 Å². The summed E-state index contributed by atoms with van der Waals surface area (Å²) in [5.41, 5.74) is 0.113. The molecule has 2 N–H and O–H groups in total. The second-order valence-corrected chi connectivity index (χ2v) is 4.57. The largest absolute Gasteiger partial charge is 0.504 e. The Hall–Kier alpha value is -3.35. The lowest BCUT2D eigenvalue weighted by Gasteiger charge is -2.02. The number of phenols is 2. The molecule has 0 radical (unpaired) electrons. The van der Waals surface area contributed by atoms with Crippen molar-refractivity contribution in [3.8, 4) is 17.2 Å². The minimum Gasteiger partial charge on any atom is -0.504 e. The lowest BCUT2D eigenvalue weighted by Crippen LogP contribution is -1.99. The molecule has 0 bridgehead atoms. The molecule has 7 nitrogen and oxygen atoms in total. The minimum atomic E-state index is -0.567. The van der Waals surface area contributed by atoms with Crippen LogP contribution in [0.1, 0.15) is 15.9 Å². The van der Waals surface area contributed by atoms with Crippen molar-refractivity contribution >= 4 is 17.5 Å². The number of benzene rings is 2. The van der Waals surface area contributed by atoms with E-state index in [4.69, 9.17) is 4.74 Å². The standard InChI is InChI=1S/C15H9NO6/c17-11-6-5-9-13(18)12(22-15(9)14(11)19)7-8-3-1-2-4-10(8)16(20)21/h1-7,17,19H. The summed E-state index contributed by atoms with van der Waals surface area (Å²) < 4.78 is 5.25. The second kappa shape index (κ2) is 4.88. The van der Waals surface area contributed by atoms with Crippen LogP contribution in [0.5, 0.6) is 17.2 Å². The van der Waals surface area contributed by atoms with Gasteiger partial charge in [-0.3, -0.25) is 14.9 Å². The number of rotatable bonds is 2. The monoisotopic (exact) mass is 299 g/mol. The van der Waals surface area contributed by atoms with Crippen molar-refractivity contribution in [3.05, 3.63) is 63.4 Å². The van der Waals surface area contributed by atoms with Crippen molar-refractivity contribution in [1.29, 1.82) is 0 Å². The first kappa shape index (κ1) is 13.6. The van der Waals surface area contributed by atoms with Crippen LogP contribution in [-0.2, 0) is 0 Å². The van der Waals surface area contributed by atoms with E-state index in [2.05, 4.69) is 0 Å². The smallest absolute Gasteiger partial charge is 0.276 e. The summed E-state index contributed by atoms with van der Waals surface area (Å²) in [6, 6.07) is 8.37. The van der Waals surface area contributed by atoms with Crippen molar-refractivity contribution in [2.75, 3.05) is 0 Å². The fourth-order valence-electron chi connectivity index (χ4n) is 2.14. The summed E-state index contributed by atoms with van der Waals surface area (Å²) in [7, 11) is 0. The Balaban J connectivity index is 2.08. The molecular formula is C15H9NO6. The number of ether oxygens (including phenoxy) is 1. The lowest BCUT2D eigenvalue weighted by molar-refractivity contribution is -0.385. The molecule has 0 atom stereocenters. The predicted octanol–water partition coefficient (Wildman–Crippen LogP) is 2.62. The summed E-state index contributed by atoms with van der Waals surface area (Å²) in [5, 5.41) is 30.1. The topological polar surface area (TPSA) is 110 Å². The van der Waals surface area contributed by atoms with E-state index in [9.17, 15) is 25.1 Å². The van der Waals surface area contributed by atoms with Gasteiger partial charge in [0.2, 0.25) is 11.5 Å². The maximum atomic E-state index is 12.2. The third kappa shape index (κ3) is 2.05. The third-order valence-corrected chi connectivity index (χ3v) is 3.21. The first-order chi connectivity index (χ1) is 10.5. The number of carbonyl (C=O) groups excluding carboxylic acids is 1. The summed E-state index contributed by atoms with van der Waals surface area (Å²) in [6.07, 6.45) is 1.23. The summed E-state index contributed by atoms with van der Waals surface area (Å²) in [5.74, 6) is -1.81. The van der Waals surface area contributed by atoms with Crippen LogP contribution in [0.2, 0.25) is 0 Å². The zero-order valence-electron chi connectivity index (χ0n) is 11.0. The predicted molar refractivity (Wildman–Crippen MR) is 75.8 cm³/mol. The Morgan fingerprint density at radius 1 is 1.14 bits per heavy atom. The van der Waals surface area contributed by atoms with Crippen LogP contribution in [0.4, 0.5) is 5.69 Å². The molecule has 7 heteroatoms. The number of fused-ring (bicyclic) bond motifs is 1. The molecule has 3 rings (SSSR count). The number of para-hydroxylation sites is 1. The Morgan fingerprint density at radius 3 is 2.59 bits per heavy atom. The van der Waals surface area contributed by atoms with Gasteiger partial charge in [-0.1, -0.05) is 12.1 Å². The van der Waals surface area contributed by atoms with Gasteiger partial charge in [-0.2, -0.15) is 0 Å². The molecule has 1 aliphatic heterocycles. The summed E-state index contributed by atoms with van der Waals surface area (Å²) in [4.78, 5) is 22.6. The minimum absolute atomic E-state index is 0.0835. The fraction of sp³-hybridized carbons (Fsp3) is 0. The molecule has 1 aliphatic rings. The van der Waals surface area contributed by atoms with Crippen LogP contribution in [0.3, 0.4) is 0 Å². The van der Waals surface area contributed by atoms with Crippen LogP contribution in [-0.4, -0.2) is 20.9 Å². The van der Waals surface area contributed by atoms with Crippen LogP contribution in [0.15, 0.2) is 42.2 Å². The highest BCUT2D eigenvalue weighted by molar-refractivity contribution is 6.15. The number of nitro benzene ring substituents is 1. The van der Waals surface area contributed by atoms with Crippen molar-refractivity contribution in [2.45, 2.75) is 0 Å². The van der Waals surface area contributed by atoms with E-state index < -0.39 is 22.2 Å². The van der Waals surface area contributed by atoms with Crippen LogP contribution < -0.4 is 4.74 Å². The molecule has 0 fully saturated rings. The van der Waals surface area contributed by atoms with Gasteiger partial charge >= 0.3 is 0 Å². The maximum Gasteiger partial charge on any atom is 0.276 e. The zero-order chi connectivity index (χ0) is 15.9. The van der Waals surface area contributed by atoms with E-state index in [1.54, 1.807) is 6.07 Å². The summed E-state index contributed by atoms with van der Waals surface area (Å²) >= 11 is 0. The number of allylic oxidation sites excluding steroid dienone is 1. The second-order valence-electron chi connectivity index (χ2n) is 4.57. The number of aromatic hydroxyl groups is 2. The van der Waals surface area contributed by atoms with Gasteiger partial charge < -0.3 is 14.9 Å². The van der Waals surface area contributed by atoms with E-state index in [1.807, 2.05) is 0 Å². The van der Waals surface area contributed by atoms with Gasteiger partial charge in [-0.25, -0.2) is 0 Å². The molecule has 0 unspecified atom stereocenters. The number of phenolic OH excluding ortho intramolecular Hbond substituents is 2. The van der Waals surface area contributed by atoms with Crippen LogP contribution in [0, 0.1) is 10.1 Å². The van der Waals surface area contributed by atoms with Crippen LogP contribution >= 0.6 is 0 Å². The highest BCUT2D eigenvalue weighted by Crippen LogP contribution is 2.44. The Labute approximate surface area is 123 Å². The van der Waals surface area contributed by atoms with Gasteiger partial charge in [0.1, 0.15) is 0 Å². The number of hydrogen-bond acceptors (Lipinski definition) is 6. The van der Waals surface area contributed by atoms with E-state index >= 15 is 0 Å². The molecule has 0 spiro atoms. The zero-order valence-corrected chi connectivity index (χ0v) is 11.0. The lowest BCUT2D eigenvalue weighted by atomic mass is 10.1. The number of hydrogen-bond donors (Lipinski definition) is 2. The Morgan fingerprint density at radius 2 is 1.86 bits per heavy atom. The fourth-order valence-corrected chi connectivity index (χ4v) is 2.14. The number of Topliss-reactive ketones (excluding diaryl/α,β-unsaturated/α-hetero) is 1. The molecule has 0 aliphatic carbocycles. The van der Waals surface area contributed by atoms with E-state index in [-0.39, 0.29) is 28.3 Å². The molecule has 2 aromatic carbocycles. The number of nitro groups is 1. The highest BCUT2D eigenvalue weighted by atomic mass is 16.6. The quantitative estimate of drug-likeness (QED) is 0.382. The normalized spacial score (nSPS) is 14.7. The van der Waals surface area contributed by atoms with Gasteiger partial charge in [-0.05, 0) is 24.3 Å². The number of carbonyl (C=O) groups is 1. The molecule has 1 heterocycles. The molecule has 0 saturated heterocycles. The van der Waals surface area contributed by atoms with Gasteiger partial charge in [0.05, 0.1) is 16.1 Å². The molecule has 2 aromatic rings. The van der Waals surface area contributed by atoms with Crippen molar-refractivity contribution in [2.24, 2.45) is 0 Å². The maximum absolute atomic E-state index is 12.2. The SMILES string of the molecule is O=C1C(=Cc2ccccc2[N+](=O)[O-])Oc2c1ccc(O)c2O. The molecular weight excluding hydrogens is 290 g/mol. The van der Waals surface area contributed by atoms with E-state index in [0.717, 1.165) is 0 Å². The molecule has 0 amide bonds. The average molecular weight is 299 g/mol. The van der Waals surface area contributed by atoms with Crippen molar-refractivity contribution < 1.29 is 24.7 Å². The Kier molecular flexibility index (Phi) is 3.03. The van der Waals surface area contributed by atoms with E-state index in [0.29, 0.717) is 0 Å². The first-order valence-corrected chi connectivity index (χ1v) is 6.21. The van der Waals surface area contributed by atoms with Crippen molar-refractivity contribution in [3.63, 3.8) is 0 Å². The number of nitrogens with zero attached hydrogens (tertiary/aromatic N) is 1. The summed E-state index contributed by atoms with van der Waals surface area (Å²) in [6.45, 7) is 0. The van der Waals surface area contributed by atoms with Gasteiger partial charge in [0, 0.05) is 6.07 Å². The van der Waals surface area contributed by atoms with Gasteiger partial charge in [0.25, 0.3) is 5.69 Å². The van der Waals surface area contributed by atoms with Gasteiger partial charge in [0.15, 0.2) is 17.3 Å². The molecule has 22 heavy (non-hydrogen) atoms. The highest BCUT2D eigenvalue weighted by Gasteiger charge is 2.31. The molecule has 0 aromatic heterocycles. The van der Waals surface area contributed by atoms with Crippen molar-refractivity contribution in [1.82, 2.24) is 0 Å². The van der Waals surface area contributed by atoms with E-state index in [1.165, 1.54) is 36.4 Å².